The van der Waals surface area contributed by atoms with Gasteiger partial charge < -0.3 is 15.4 Å². The highest BCUT2D eigenvalue weighted by Gasteiger charge is 2.33. The lowest BCUT2D eigenvalue weighted by molar-refractivity contribution is -0.140. The van der Waals surface area contributed by atoms with Gasteiger partial charge >= 0.3 is 6.18 Å². The van der Waals surface area contributed by atoms with Crippen molar-refractivity contribution in [2.45, 2.75) is 25.7 Å². The number of benzene rings is 1. The first-order valence-electron chi connectivity index (χ1n) is 7.95. The van der Waals surface area contributed by atoms with Crippen LogP contribution in [0.3, 0.4) is 0 Å². The number of ether oxygens (including phenoxy) is 1. The van der Waals surface area contributed by atoms with Crippen LogP contribution in [0.1, 0.15) is 21.8 Å². The molecule has 0 saturated carbocycles. The van der Waals surface area contributed by atoms with Gasteiger partial charge in [-0.3, -0.25) is 4.99 Å². The van der Waals surface area contributed by atoms with Crippen molar-refractivity contribution in [3.05, 3.63) is 51.5 Å². The molecule has 0 aliphatic heterocycles. The zero-order valence-electron chi connectivity index (χ0n) is 14.6. The van der Waals surface area contributed by atoms with Crippen LogP contribution in [0.2, 0.25) is 0 Å². The molecule has 0 aliphatic carbocycles. The number of nitrogens with one attached hydrogen (secondary N) is 2. The Morgan fingerprint density at radius 1 is 1.27 bits per heavy atom. The highest BCUT2D eigenvalue weighted by molar-refractivity contribution is 7.09. The van der Waals surface area contributed by atoms with Crippen LogP contribution in [-0.4, -0.2) is 31.6 Å². The van der Waals surface area contributed by atoms with Gasteiger partial charge in [0.15, 0.2) is 11.7 Å². The summed E-state index contributed by atoms with van der Waals surface area (Å²) >= 11 is 1.01. The number of hydrogen-bond donors (Lipinski definition) is 2. The Kier molecular flexibility index (Phi) is 7.40. The molecule has 9 heteroatoms. The zero-order valence-corrected chi connectivity index (χ0v) is 15.4. The first kappa shape index (κ1) is 20.2. The molecule has 1 heterocycles. The number of aromatic nitrogens is 1. The van der Waals surface area contributed by atoms with Crippen LogP contribution in [0.25, 0.3) is 0 Å². The highest BCUT2D eigenvalue weighted by atomic mass is 32.1. The van der Waals surface area contributed by atoms with Gasteiger partial charge in [-0.05, 0) is 11.1 Å². The lowest BCUT2D eigenvalue weighted by Crippen LogP contribution is -2.37. The summed E-state index contributed by atoms with van der Waals surface area (Å²) in [6, 6.07) is 7.98. The molecule has 1 aromatic carbocycles. The fourth-order valence-corrected chi connectivity index (χ4v) is 3.05. The maximum absolute atomic E-state index is 12.5. The van der Waals surface area contributed by atoms with Gasteiger partial charge in [-0.1, -0.05) is 24.3 Å². The molecule has 0 spiro atoms. The van der Waals surface area contributed by atoms with E-state index in [0.717, 1.165) is 27.8 Å². The lowest BCUT2D eigenvalue weighted by atomic mass is 10.1. The van der Waals surface area contributed by atoms with E-state index < -0.39 is 11.9 Å². The number of aliphatic imine (C=N–C) groups is 1. The van der Waals surface area contributed by atoms with Crippen LogP contribution < -0.4 is 10.6 Å². The molecule has 2 rings (SSSR count). The lowest BCUT2D eigenvalue weighted by Gasteiger charge is -2.12. The minimum absolute atomic E-state index is 0.394. The molecule has 0 amide bonds. The molecule has 2 N–H and O–H groups in total. The van der Waals surface area contributed by atoms with Crippen LogP contribution in [0.4, 0.5) is 13.2 Å². The normalized spacial score (nSPS) is 12.3. The average molecular weight is 386 g/mol. The summed E-state index contributed by atoms with van der Waals surface area (Å²) in [4.78, 5) is 7.72. The third kappa shape index (κ3) is 6.30. The highest BCUT2D eigenvalue weighted by Crippen LogP contribution is 2.29. The third-order valence-corrected chi connectivity index (χ3v) is 4.37. The van der Waals surface area contributed by atoms with Gasteiger partial charge in [0.2, 0.25) is 0 Å². The molecule has 0 atom stereocenters. The van der Waals surface area contributed by atoms with Crippen LogP contribution in [0.5, 0.6) is 0 Å². The molecular formula is C17H21F3N4OS. The standard InChI is InChI=1S/C17H21F3N4OS/c1-21-16(23-9-12-4-3-5-13(8-12)10-25-2)22-7-6-15-24-14(11-26-15)17(18,19)20/h3-5,8,11H,6-7,9-10H2,1-2H3,(H2,21,22,23). The predicted octanol–water partition coefficient (Wildman–Crippen LogP) is 3.22. The maximum Gasteiger partial charge on any atom is 0.434 e. The molecule has 0 unspecified atom stereocenters. The van der Waals surface area contributed by atoms with Gasteiger partial charge in [-0.2, -0.15) is 13.2 Å². The van der Waals surface area contributed by atoms with Crippen LogP contribution in [0, 0.1) is 0 Å². The summed E-state index contributed by atoms with van der Waals surface area (Å²) in [5.41, 5.74) is 1.33. The number of hydrogen-bond acceptors (Lipinski definition) is 4. The van der Waals surface area contributed by atoms with E-state index in [4.69, 9.17) is 4.74 Å². The number of rotatable bonds is 7. The van der Waals surface area contributed by atoms with Crippen molar-refractivity contribution < 1.29 is 17.9 Å². The monoisotopic (exact) mass is 386 g/mol. The second kappa shape index (κ2) is 9.54. The summed E-state index contributed by atoms with van der Waals surface area (Å²) < 4.78 is 42.7. The third-order valence-electron chi connectivity index (χ3n) is 3.46. The molecule has 0 radical (unpaired) electrons. The molecule has 26 heavy (non-hydrogen) atoms. The van der Waals surface area contributed by atoms with Gasteiger partial charge in [0.05, 0.1) is 11.6 Å². The molecule has 0 fully saturated rings. The Bertz CT molecular complexity index is 731. The Balaban J connectivity index is 1.79. The van der Waals surface area contributed by atoms with Crippen LogP contribution in [-0.2, 0) is 30.5 Å². The molecule has 5 nitrogen and oxygen atoms in total. The second-order valence-corrected chi connectivity index (χ2v) is 6.42. The van der Waals surface area contributed by atoms with Crippen molar-refractivity contribution in [1.82, 2.24) is 15.6 Å². The van der Waals surface area contributed by atoms with E-state index in [-0.39, 0.29) is 0 Å². The number of methoxy groups -OCH3 is 1. The summed E-state index contributed by atoms with van der Waals surface area (Å²) in [5.74, 6) is 0.578. The van der Waals surface area contributed by atoms with Crippen molar-refractivity contribution in [3.8, 4) is 0 Å². The SMILES string of the molecule is CN=C(NCCc1nc(C(F)(F)F)cs1)NCc1cccc(COC)c1. The van der Waals surface area contributed by atoms with Crippen LogP contribution >= 0.6 is 11.3 Å². The van der Waals surface area contributed by atoms with Gasteiger partial charge in [0.25, 0.3) is 0 Å². The van der Waals surface area contributed by atoms with E-state index in [0.29, 0.717) is 37.1 Å². The fourth-order valence-electron chi connectivity index (χ4n) is 2.25. The zero-order chi connectivity index (χ0) is 19.0. The summed E-state index contributed by atoms with van der Waals surface area (Å²) in [5, 5.41) is 7.72. The Morgan fingerprint density at radius 2 is 2.04 bits per heavy atom. The van der Waals surface area contributed by atoms with Crippen molar-refractivity contribution in [2.24, 2.45) is 4.99 Å². The quantitative estimate of drug-likeness (QED) is 0.567. The number of alkyl halides is 3. The molecule has 2 aromatic rings. The van der Waals surface area contributed by atoms with E-state index in [1.54, 1.807) is 14.2 Å². The molecule has 0 saturated heterocycles. The topological polar surface area (TPSA) is 58.5 Å². The minimum atomic E-state index is -4.39. The van der Waals surface area contributed by atoms with Gasteiger partial charge in [-0.25, -0.2) is 4.98 Å². The molecule has 1 aromatic heterocycles. The first-order chi connectivity index (χ1) is 12.4. The summed E-state index contributed by atoms with van der Waals surface area (Å²) in [7, 11) is 3.29. The number of guanidine groups is 1. The van der Waals surface area contributed by atoms with E-state index >= 15 is 0 Å². The van der Waals surface area contributed by atoms with Crippen LogP contribution in [0.15, 0.2) is 34.6 Å². The van der Waals surface area contributed by atoms with Crippen molar-refractivity contribution >= 4 is 17.3 Å². The number of nitrogens with zero attached hydrogens (tertiary/aromatic N) is 2. The predicted molar refractivity (Wildman–Crippen MR) is 96.2 cm³/mol. The van der Waals surface area contributed by atoms with Gasteiger partial charge in [0.1, 0.15) is 0 Å². The average Bonchev–Trinajstić information content (AvgIpc) is 3.08. The number of halogens is 3. The van der Waals surface area contributed by atoms with Crippen molar-refractivity contribution in [2.75, 3.05) is 20.7 Å². The summed E-state index contributed by atoms with van der Waals surface area (Å²) in [6.45, 7) is 1.56. The molecular weight excluding hydrogens is 365 g/mol. The largest absolute Gasteiger partial charge is 0.434 e. The first-order valence-corrected chi connectivity index (χ1v) is 8.83. The van der Waals surface area contributed by atoms with Gasteiger partial charge in [0, 0.05) is 39.0 Å². The Morgan fingerprint density at radius 3 is 2.69 bits per heavy atom. The fraction of sp³-hybridized carbons (Fsp3) is 0.412. The Labute approximate surface area is 154 Å². The smallest absolute Gasteiger partial charge is 0.380 e. The molecule has 0 aliphatic rings. The van der Waals surface area contributed by atoms with Gasteiger partial charge in [-0.15, -0.1) is 11.3 Å². The van der Waals surface area contributed by atoms with E-state index in [9.17, 15) is 13.2 Å². The second-order valence-electron chi connectivity index (χ2n) is 5.48. The van der Waals surface area contributed by atoms with Crippen molar-refractivity contribution in [1.29, 1.82) is 0 Å². The maximum atomic E-state index is 12.5. The summed E-state index contributed by atoms with van der Waals surface area (Å²) in [6.07, 6.45) is -4.00. The minimum Gasteiger partial charge on any atom is -0.380 e. The van der Waals surface area contributed by atoms with E-state index in [2.05, 4.69) is 20.6 Å². The number of thiazole rings is 1. The molecule has 142 valence electrons. The van der Waals surface area contributed by atoms with E-state index in [1.807, 2.05) is 24.3 Å². The Hall–Kier alpha value is -2.13. The molecule has 0 bridgehead atoms. The van der Waals surface area contributed by atoms with Crippen molar-refractivity contribution in [3.63, 3.8) is 0 Å². The van der Waals surface area contributed by atoms with E-state index in [1.165, 1.54) is 0 Å².